The number of nitrogens with one attached hydrogen (secondary N) is 1. The molecule has 19 heavy (non-hydrogen) atoms. The summed E-state index contributed by atoms with van der Waals surface area (Å²) in [7, 11) is 1.69. The van der Waals surface area contributed by atoms with Crippen LogP contribution in [0.3, 0.4) is 0 Å². The Morgan fingerprint density at radius 1 is 1.47 bits per heavy atom. The summed E-state index contributed by atoms with van der Waals surface area (Å²) in [5.74, 6) is -0.351. The second kappa shape index (κ2) is 4.90. The monoisotopic (exact) mass is 259 g/mol. The van der Waals surface area contributed by atoms with Crippen LogP contribution in [0, 0.1) is 11.3 Å². The van der Waals surface area contributed by atoms with E-state index in [2.05, 4.69) is 11.4 Å². The Morgan fingerprint density at radius 2 is 2.21 bits per heavy atom. The van der Waals surface area contributed by atoms with Gasteiger partial charge in [0, 0.05) is 13.6 Å². The standard InChI is InChI=1S/C14H17N3O2/c1-14(2,9-15)16-7-6-10-4-5-12-11(8-10)17(3)13(18)19-12/h4-5,8,16H,6-7H2,1-3H3. The van der Waals surface area contributed by atoms with Gasteiger partial charge >= 0.3 is 5.76 Å². The van der Waals surface area contributed by atoms with Gasteiger partial charge in [-0.1, -0.05) is 6.07 Å². The molecule has 0 saturated heterocycles. The first-order valence-corrected chi connectivity index (χ1v) is 6.18. The smallest absolute Gasteiger partial charge is 0.408 e. The van der Waals surface area contributed by atoms with E-state index in [9.17, 15) is 4.79 Å². The molecule has 0 atom stereocenters. The van der Waals surface area contributed by atoms with E-state index in [-0.39, 0.29) is 5.76 Å². The number of benzene rings is 1. The second-order valence-corrected chi connectivity index (χ2v) is 5.14. The van der Waals surface area contributed by atoms with E-state index in [4.69, 9.17) is 9.68 Å². The summed E-state index contributed by atoms with van der Waals surface area (Å²) >= 11 is 0. The summed E-state index contributed by atoms with van der Waals surface area (Å²) in [6.07, 6.45) is 0.792. The van der Waals surface area contributed by atoms with Gasteiger partial charge in [0.25, 0.3) is 0 Å². The van der Waals surface area contributed by atoms with Crippen LogP contribution in [0.2, 0.25) is 0 Å². The fraction of sp³-hybridized carbons (Fsp3) is 0.429. The molecule has 5 heteroatoms. The lowest BCUT2D eigenvalue weighted by atomic mass is 10.1. The van der Waals surface area contributed by atoms with Gasteiger partial charge in [-0.3, -0.25) is 9.88 Å². The number of rotatable bonds is 4. The van der Waals surface area contributed by atoms with Gasteiger partial charge in [0.1, 0.15) is 5.54 Å². The normalized spacial score (nSPS) is 11.7. The first-order valence-electron chi connectivity index (χ1n) is 6.18. The van der Waals surface area contributed by atoms with Crippen LogP contribution in [0.5, 0.6) is 0 Å². The third-order valence-corrected chi connectivity index (χ3v) is 3.12. The minimum atomic E-state index is -0.521. The van der Waals surface area contributed by atoms with Crippen molar-refractivity contribution in [2.24, 2.45) is 7.05 Å². The highest BCUT2D eigenvalue weighted by Crippen LogP contribution is 2.14. The molecule has 0 fully saturated rings. The van der Waals surface area contributed by atoms with E-state index in [0.717, 1.165) is 17.5 Å². The Balaban J connectivity index is 2.12. The Bertz CT molecular complexity index is 689. The van der Waals surface area contributed by atoms with E-state index >= 15 is 0 Å². The molecule has 0 aliphatic carbocycles. The lowest BCUT2D eigenvalue weighted by Gasteiger charge is -2.17. The molecule has 1 aromatic heterocycles. The number of oxazole rings is 1. The molecule has 100 valence electrons. The molecular formula is C14H17N3O2. The van der Waals surface area contributed by atoms with Gasteiger partial charge in [-0.25, -0.2) is 4.79 Å². The molecule has 1 aromatic carbocycles. The number of aromatic nitrogens is 1. The van der Waals surface area contributed by atoms with Crippen molar-refractivity contribution in [3.63, 3.8) is 0 Å². The summed E-state index contributed by atoms with van der Waals surface area (Å²) in [5, 5.41) is 12.1. The van der Waals surface area contributed by atoms with Crippen LogP contribution in [0.1, 0.15) is 19.4 Å². The van der Waals surface area contributed by atoms with Gasteiger partial charge in [-0.15, -0.1) is 0 Å². The van der Waals surface area contributed by atoms with E-state index in [1.165, 1.54) is 4.57 Å². The van der Waals surface area contributed by atoms with Crippen LogP contribution >= 0.6 is 0 Å². The van der Waals surface area contributed by atoms with Crippen molar-refractivity contribution in [1.29, 1.82) is 5.26 Å². The highest BCUT2D eigenvalue weighted by molar-refractivity contribution is 5.73. The van der Waals surface area contributed by atoms with Crippen LogP contribution in [-0.4, -0.2) is 16.7 Å². The first kappa shape index (κ1) is 13.4. The molecule has 1 N–H and O–H groups in total. The molecule has 2 rings (SSSR count). The zero-order chi connectivity index (χ0) is 14.0. The fourth-order valence-corrected chi connectivity index (χ4v) is 1.89. The van der Waals surface area contributed by atoms with Gasteiger partial charge in [0.2, 0.25) is 0 Å². The molecule has 0 saturated carbocycles. The van der Waals surface area contributed by atoms with Crippen molar-refractivity contribution >= 4 is 11.1 Å². The van der Waals surface area contributed by atoms with Crippen molar-refractivity contribution < 1.29 is 4.42 Å². The zero-order valence-corrected chi connectivity index (χ0v) is 11.4. The third-order valence-electron chi connectivity index (χ3n) is 3.12. The van der Waals surface area contributed by atoms with E-state index in [1.54, 1.807) is 7.05 Å². The van der Waals surface area contributed by atoms with Crippen molar-refractivity contribution in [3.8, 4) is 6.07 Å². The molecule has 0 aliphatic heterocycles. The largest absolute Gasteiger partial charge is 0.419 e. The SMILES string of the molecule is Cn1c(=O)oc2ccc(CCNC(C)(C)C#N)cc21. The molecule has 0 bridgehead atoms. The molecule has 0 amide bonds. The Morgan fingerprint density at radius 3 is 2.89 bits per heavy atom. The molecule has 0 radical (unpaired) electrons. The predicted octanol–water partition coefficient (Wildman–Crippen LogP) is 1.57. The van der Waals surface area contributed by atoms with Crippen LogP contribution in [-0.2, 0) is 13.5 Å². The quantitative estimate of drug-likeness (QED) is 0.904. The predicted molar refractivity (Wildman–Crippen MR) is 72.9 cm³/mol. The summed E-state index contributed by atoms with van der Waals surface area (Å²) in [4.78, 5) is 11.4. The fourth-order valence-electron chi connectivity index (χ4n) is 1.89. The van der Waals surface area contributed by atoms with Crippen molar-refractivity contribution in [2.75, 3.05) is 6.54 Å². The van der Waals surface area contributed by atoms with Crippen LogP contribution in [0.25, 0.3) is 11.1 Å². The van der Waals surface area contributed by atoms with Gasteiger partial charge in [0.15, 0.2) is 5.58 Å². The molecule has 0 aliphatic rings. The maximum Gasteiger partial charge on any atom is 0.419 e. The Labute approximate surface area is 111 Å². The lowest BCUT2D eigenvalue weighted by molar-refractivity contribution is 0.490. The molecule has 0 spiro atoms. The average molecular weight is 259 g/mol. The molecular weight excluding hydrogens is 242 g/mol. The van der Waals surface area contributed by atoms with E-state index < -0.39 is 5.54 Å². The van der Waals surface area contributed by atoms with Crippen LogP contribution < -0.4 is 11.1 Å². The molecule has 5 nitrogen and oxygen atoms in total. The Kier molecular flexibility index (Phi) is 3.45. The molecule has 1 heterocycles. The number of nitriles is 1. The zero-order valence-electron chi connectivity index (χ0n) is 11.4. The van der Waals surface area contributed by atoms with Crippen molar-refractivity contribution in [3.05, 3.63) is 34.3 Å². The van der Waals surface area contributed by atoms with Crippen LogP contribution in [0.15, 0.2) is 27.4 Å². The van der Waals surface area contributed by atoms with Gasteiger partial charge < -0.3 is 4.42 Å². The minimum absolute atomic E-state index is 0.351. The van der Waals surface area contributed by atoms with Gasteiger partial charge in [-0.2, -0.15) is 5.26 Å². The highest BCUT2D eigenvalue weighted by Gasteiger charge is 2.14. The Hall–Kier alpha value is -2.06. The van der Waals surface area contributed by atoms with E-state index in [1.807, 2.05) is 32.0 Å². The summed E-state index contributed by atoms with van der Waals surface area (Å²) in [5.41, 5.74) is 1.97. The van der Waals surface area contributed by atoms with Crippen molar-refractivity contribution in [1.82, 2.24) is 9.88 Å². The minimum Gasteiger partial charge on any atom is -0.408 e. The number of hydrogen-bond donors (Lipinski definition) is 1. The highest BCUT2D eigenvalue weighted by atomic mass is 16.4. The average Bonchev–Trinajstić information content (AvgIpc) is 2.65. The first-order chi connectivity index (χ1) is 8.93. The second-order valence-electron chi connectivity index (χ2n) is 5.14. The maximum absolute atomic E-state index is 11.4. The summed E-state index contributed by atoms with van der Waals surface area (Å²) in [6, 6.07) is 7.89. The van der Waals surface area contributed by atoms with Gasteiger partial charge in [-0.05, 0) is 38.0 Å². The van der Waals surface area contributed by atoms with Crippen molar-refractivity contribution in [2.45, 2.75) is 25.8 Å². The lowest BCUT2D eigenvalue weighted by Crippen LogP contribution is -2.38. The van der Waals surface area contributed by atoms with Crippen LogP contribution in [0.4, 0.5) is 0 Å². The number of aryl methyl sites for hydroxylation is 1. The van der Waals surface area contributed by atoms with E-state index in [0.29, 0.717) is 12.1 Å². The summed E-state index contributed by atoms with van der Waals surface area (Å²) < 4.78 is 6.57. The topological polar surface area (TPSA) is 71.0 Å². The molecule has 0 unspecified atom stereocenters. The number of fused-ring (bicyclic) bond motifs is 1. The number of nitrogens with zero attached hydrogens (tertiary/aromatic N) is 2. The maximum atomic E-state index is 11.4. The summed E-state index contributed by atoms with van der Waals surface area (Å²) in [6.45, 7) is 4.39. The molecule has 2 aromatic rings. The number of hydrogen-bond acceptors (Lipinski definition) is 4. The van der Waals surface area contributed by atoms with Gasteiger partial charge in [0.05, 0.1) is 11.6 Å². The third kappa shape index (κ3) is 2.85.